The van der Waals surface area contributed by atoms with Gasteiger partial charge in [-0.25, -0.2) is 0 Å². The van der Waals surface area contributed by atoms with E-state index in [0.717, 1.165) is 43.8 Å². The Hall–Kier alpha value is -2.09. The van der Waals surface area contributed by atoms with Crippen LogP contribution >= 0.6 is 0 Å². The second-order valence-electron chi connectivity index (χ2n) is 5.90. The molecule has 8 heteroatoms. The van der Waals surface area contributed by atoms with Gasteiger partial charge in [-0.2, -0.15) is 13.2 Å². The fourth-order valence-electron chi connectivity index (χ4n) is 2.56. The van der Waals surface area contributed by atoms with Crippen molar-refractivity contribution >= 4 is 11.8 Å². The van der Waals surface area contributed by atoms with Crippen LogP contribution in [-0.2, 0) is 11.0 Å². The summed E-state index contributed by atoms with van der Waals surface area (Å²) in [5.41, 5.74) is -0.747. The van der Waals surface area contributed by atoms with Crippen molar-refractivity contribution in [1.82, 2.24) is 16.0 Å². The lowest BCUT2D eigenvalue weighted by Gasteiger charge is -2.30. The Kier molecular flexibility index (Phi) is 5.82. The fourth-order valence-corrected chi connectivity index (χ4v) is 2.56. The number of carbonyl (C=O) groups excluding carboxylic acids is 2. The SMILES string of the molecule is CC1CNCCC1NC(=O)CNC(=O)c1ccc(C(F)(F)F)cc1. The zero-order chi connectivity index (χ0) is 17.7. The van der Waals surface area contributed by atoms with Gasteiger partial charge in [0.25, 0.3) is 5.91 Å². The normalized spacial score (nSPS) is 21.2. The molecule has 1 aliphatic heterocycles. The zero-order valence-electron chi connectivity index (χ0n) is 13.2. The monoisotopic (exact) mass is 343 g/mol. The highest BCUT2D eigenvalue weighted by Crippen LogP contribution is 2.29. The predicted octanol–water partition coefficient (Wildman–Crippen LogP) is 1.55. The Bertz CT molecular complexity index is 587. The highest BCUT2D eigenvalue weighted by atomic mass is 19.4. The summed E-state index contributed by atoms with van der Waals surface area (Å²) in [6.45, 7) is 3.46. The van der Waals surface area contributed by atoms with Gasteiger partial charge >= 0.3 is 6.18 Å². The lowest BCUT2D eigenvalue weighted by atomic mass is 9.95. The number of benzene rings is 1. The van der Waals surface area contributed by atoms with Crippen molar-refractivity contribution < 1.29 is 22.8 Å². The van der Waals surface area contributed by atoms with E-state index in [1.165, 1.54) is 0 Å². The molecule has 1 aliphatic rings. The van der Waals surface area contributed by atoms with E-state index in [4.69, 9.17) is 0 Å². The van der Waals surface area contributed by atoms with E-state index in [-0.39, 0.29) is 24.1 Å². The van der Waals surface area contributed by atoms with Crippen LogP contribution in [-0.4, -0.2) is 37.5 Å². The Morgan fingerprint density at radius 2 is 1.92 bits per heavy atom. The van der Waals surface area contributed by atoms with Crippen LogP contribution in [0.4, 0.5) is 13.2 Å². The molecule has 3 N–H and O–H groups in total. The molecule has 132 valence electrons. The molecule has 2 rings (SSSR count). The van der Waals surface area contributed by atoms with Crippen LogP contribution in [0.15, 0.2) is 24.3 Å². The van der Waals surface area contributed by atoms with Gasteiger partial charge in [0.1, 0.15) is 0 Å². The third kappa shape index (κ3) is 4.95. The first-order valence-electron chi connectivity index (χ1n) is 7.73. The van der Waals surface area contributed by atoms with Gasteiger partial charge in [0.2, 0.25) is 5.91 Å². The van der Waals surface area contributed by atoms with Crippen molar-refractivity contribution in [1.29, 1.82) is 0 Å². The van der Waals surface area contributed by atoms with Crippen molar-refractivity contribution in [3.63, 3.8) is 0 Å². The molecule has 1 heterocycles. The maximum Gasteiger partial charge on any atom is 0.416 e. The second-order valence-corrected chi connectivity index (χ2v) is 5.90. The molecule has 0 aliphatic carbocycles. The zero-order valence-corrected chi connectivity index (χ0v) is 13.2. The summed E-state index contributed by atoms with van der Waals surface area (Å²) in [6, 6.07) is 3.91. The Balaban J connectivity index is 1.83. The van der Waals surface area contributed by atoms with Crippen molar-refractivity contribution in [2.75, 3.05) is 19.6 Å². The molecule has 1 saturated heterocycles. The number of rotatable bonds is 4. The Morgan fingerprint density at radius 3 is 2.50 bits per heavy atom. The highest BCUT2D eigenvalue weighted by molar-refractivity contribution is 5.96. The average molecular weight is 343 g/mol. The van der Waals surface area contributed by atoms with Crippen LogP contribution in [0, 0.1) is 5.92 Å². The van der Waals surface area contributed by atoms with Gasteiger partial charge in [-0.3, -0.25) is 9.59 Å². The van der Waals surface area contributed by atoms with E-state index >= 15 is 0 Å². The summed E-state index contributed by atoms with van der Waals surface area (Å²) in [5, 5.41) is 8.50. The van der Waals surface area contributed by atoms with Crippen LogP contribution in [0.5, 0.6) is 0 Å². The molecule has 0 bridgehead atoms. The molecular formula is C16H20F3N3O2. The first kappa shape index (κ1) is 18.3. The first-order chi connectivity index (χ1) is 11.3. The predicted molar refractivity (Wildman–Crippen MR) is 82.4 cm³/mol. The van der Waals surface area contributed by atoms with Gasteiger partial charge in [0, 0.05) is 11.6 Å². The lowest BCUT2D eigenvalue weighted by Crippen LogP contribution is -2.50. The number of halogens is 3. The van der Waals surface area contributed by atoms with Gasteiger partial charge in [0.05, 0.1) is 12.1 Å². The highest BCUT2D eigenvalue weighted by Gasteiger charge is 2.30. The molecule has 2 amide bonds. The molecule has 24 heavy (non-hydrogen) atoms. The van der Waals surface area contributed by atoms with Crippen LogP contribution in [0.25, 0.3) is 0 Å². The van der Waals surface area contributed by atoms with Gasteiger partial charge in [-0.05, 0) is 49.7 Å². The number of hydrogen-bond donors (Lipinski definition) is 3. The molecule has 0 aromatic heterocycles. The molecule has 0 saturated carbocycles. The van der Waals surface area contributed by atoms with Crippen molar-refractivity contribution in [2.45, 2.75) is 25.6 Å². The minimum absolute atomic E-state index is 0.0571. The topological polar surface area (TPSA) is 70.2 Å². The van der Waals surface area contributed by atoms with E-state index in [9.17, 15) is 22.8 Å². The molecule has 2 unspecified atom stereocenters. The van der Waals surface area contributed by atoms with Gasteiger partial charge < -0.3 is 16.0 Å². The minimum atomic E-state index is -4.44. The number of alkyl halides is 3. The molecule has 1 fully saturated rings. The Morgan fingerprint density at radius 1 is 1.25 bits per heavy atom. The maximum atomic E-state index is 12.5. The van der Waals surface area contributed by atoms with E-state index in [2.05, 4.69) is 16.0 Å². The smallest absolute Gasteiger partial charge is 0.351 e. The van der Waals surface area contributed by atoms with E-state index in [1.807, 2.05) is 6.92 Å². The minimum Gasteiger partial charge on any atom is -0.351 e. The number of carbonyl (C=O) groups is 2. The average Bonchev–Trinajstić information content (AvgIpc) is 2.54. The van der Waals surface area contributed by atoms with E-state index < -0.39 is 17.6 Å². The maximum absolute atomic E-state index is 12.5. The molecule has 0 radical (unpaired) electrons. The largest absolute Gasteiger partial charge is 0.416 e. The molecule has 0 spiro atoms. The van der Waals surface area contributed by atoms with Crippen molar-refractivity contribution in [2.24, 2.45) is 5.92 Å². The van der Waals surface area contributed by atoms with Gasteiger partial charge in [-0.1, -0.05) is 6.92 Å². The molecule has 1 aromatic rings. The lowest BCUT2D eigenvalue weighted by molar-refractivity contribution is -0.137. The summed E-state index contributed by atoms with van der Waals surface area (Å²) >= 11 is 0. The number of nitrogens with one attached hydrogen (secondary N) is 3. The fraction of sp³-hybridized carbons (Fsp3) is 0.500. The summed E-state index contributed by atoms with van der Waals surface area (Å²) < 4.78 is 37.4. The van der Waals surface area contributed by atoms with E-state index in [0.29, 0.717) is 5.92 Å². The van der Waals surface area contributed by atoms with Crippen molar-refractivity contribution in [3.05, 3.63) is 35.4 Å². The number of piperidine rings is 1. The molecular weight excluding hydrogens is 323 g/mol. The van der Waals surface area contributed by atoms with Crippen molar-refractivity contribution in [3.8, 4) is 0 Å². The summed E-state index contributed by atoms with van der Waals surface area (Å²) in [6.07, 6.45) is -3.62. The number of hydrogen-bond acceptors (Lipinski definition) is 3. The summed E-state index contributed by atoms with van der Waals surface area (Å²) in [5.74, 6) is -0.598. The summed E-state index contributed by atoms with van der Waals surface area (Å²) in [7, 11) is 0. The Labute approximate surface area is 138 Å². The molecule has 2 atom stereocenters. The van der Waals surface area contributed by atoms with Crippen LogP contribution < -0.4 is 16.0 Å². The van der Waals surface area contributed by atoms with Crippen LogP contribution in [0.3, 0.4) is 0 Å². The second kappa shape index (κ2) is 7.65. The summed E-state index contributed by atoms with van der Waals surface area (Å²) in [4.78, 5) is 23.8. The standard InChI is InChI=1S/C16H20F3N3O2/c1-10-8-20-7-6-13(10)22-14(23)9-21-15(24)11-2-4-12(5-3-11)16(17,18)19/h2-5,10,13,20H,6-9H2,1H3,(H,21,24)(H,22,23). The quantitative estimate of drug-likeness (QED) is 0.777. The van der Waals surface area contributed by atoms with Crippen LogP contribution in [0.1, 0.15) is 29.3 Å². The molecule has 1 aromatic carbocycles. The first-order valence-corrected chi connectivity index (χ1v) is 7.73. The van der Waals surface area contributed by atoms with Crippen LogP contribution in [0.2, 0.25) is 0 Å². The molecule has 5 nitrogen and oxygen atoms in total. The third-order valence-corrected chi connectivity index (χ3v) is 4.02. The third-order valence-electron chi connectivity index (χ3n) is 4.02. The number of amides is 2. The van der Waals surface area contributed by atoms with E-state index in [1.54, 1.807) is 0 Å². The van der Waals surface area contributed by atoms with Gasteiger partial charge in [-0.15, -0.1) is 0 Å². The van der Waals surface area contributed by atoms with Gasteiger partial charge in [0.15, 0.2) is 0 Å².